The van der Waals surface area contributed by atoms with Gasteiger partial charge >= 0.3 is 0 Å². The number of nitrogens with one attached hydrogen (secondary N) is 1. The normalized spacial score (nSPS) is 16.6. The third kappa shape index (κ3) is 4.96. The van der Waals surface area contributed by atoms with Crippen LogP contribution in [-0.4, -0.2) is 31.7 Å². The number of carbonyl (C=O) groups excluding carboxylic acids is 1. The zero-order chi connectivity index (χ0) is 19.3. The number of hydrogen-bond donors (Lipinski definition) is 1. The van der Waals surface area contributed by atoms with E-state index in [-0.39, 0.29) is 16.7 Å². The summed E-state index contributed by atoms with van der Waals surface area (Å²) in [6.45, 7) is 3.18. The highest BCUT2D eigenvalue weighted by Crippen LogP contribution is 2.23. The van der Waals surface area contributed by atoms with Gasteiger partial charge in [-0.15, -0.1) is 0 Å². The first-order valence-electron chi connectivity index (χ1n) is 9.42. The van der Waals surface area contributed by atoms with E-state index in [1.165, 1.54) is 0 Å². The van der Waals surface area contributed by atoms with Gasteiger partial charge in [0.25, 0.3) is 0 Å². The zero-order valence-corrected chi connectivity index (χ0v) is 16.4. The summed E-state index contributed by atoms with van der Waals surface area (Å²) in [4.78, 5) is 12.6. The number of rotatable bonds is 6. The van der Waals surface area contributed by atoms with Crippen molar-refractivity contribution in [1.29, 1.82) is 0 Å². The monoisotopic (exact) mass is 386 g/mol. The highest BCUT2D eigenvalue weighted by Gasteiger charge is 2.25. The van der Waals surface area contributed by atoms with Crippen molar-refractivity contribution in [3.63, 3.8) is 0 Å². The molecule has 1 heterocycles. The smallest absolute Gasteiger partial charge is 0.243 e. The molecule has 1 saturated heterocycles. The van der Waals surface area contributed by atoms with E-state index < -0.39 is 10.0 Å². The van der Waals surface area contributed by atoms with Crippen molar-refractivity contribution in [1.82, 2.24) is 4.31 Å². The van der Waals surface area contributed by atoms with E-state index in [0.717, 1.165) is 24.8 Å². The predicted molar refractivity (Wildman–Crippen MR) is 107 cm³/mol. The maximum absolute atomic E-state index is 12.7. The summed E-state index contributed by atoms with van der Waals surface area (Å²) in [5, 5.41) is 2.85. The first kappa shape index (κ1) is 19.6. The fourth-order valence-electron chi connectivity index (χ4n) is 3.35. The van der Waals surface area contributed by atoms with Crippen LogP contribution in [0.4, 0.5) is 5.69 Å². The molecule has 1 aliphatic rings. The number of nitrogens with zero attached hydrogens (tertiary/aromatic N) is 1. The topological polar surface area (TPSA) is 66.5 Å². The second kappa shape index (κ2) is 8.67. The summed E-state index contributed by atoms with van der Waals surface area (Å²) < 4.78 is 26.9. The van der Waals surface area contributed by atoms with Crippen LogP contribution in [0.2, 0.25) is 0 Å². The molecule has 1 unspecified atom stereocenters. The minimum Gasteiger partial charge on any atom is -0.326 e. The number of hydrogen-bond acceptors (Lipinski definition) is 3. The van der Waals surface area contributed by atoms with Gasteiger partial charge in [0.2, 0.25) is 15.9 Å². The first-order valence-corrected chi connectivity index (χ1v) is 10.9. The summed E-state index contributed by atoms with van der Waals surface area (Å²) in [6.07, 6.45) is 3.27. The molecule has 27 heavy (non-hydrogen) atoms. The van der Waals surface area contributed by atoms with Gasteiger partial charge in [0.15, 0.2) is 0 Å². The molecule has 1 amide bonds. The van der Waals surface area contributed by atoms with E-state index in [2.05, 4.69) is 5.32 Å². The Bertz CT molecular complexity index is 858. The Morgan fingerprint density at radius 1 is 1.00 bits per heavy atom. The molecule has 144 valence electrons. The second-order valence-corrected chi connectivity index (χ2v) is 8.99. The fraction of sp³-hybridized carbons (Fsp3) is 0.381. The summed E-state index contributed by atoms with van der Waals surface area (Å²) in [6, 6.07) is 16.4. The Morgan fingerprint density at radius 2 is 1.63 bits per heavy atom. The van der Waals surface area contributed by atoms with E-state index in [4.69, 9.17) is 0 Å². The maximum atomic E-state index is 12.7. The second-order valence-electron chi connectivity index (χ2n) is 7.05. The number of piperidine rings is 1. The van der Waals surface area contributed by atoms with Gasteiger partial charge in [-0.1, -0.05) is 43.7 Å². The van der Waals surface area contributed by atoms with Gasteiger partial charge < -0.3 is 5.32 Å². The zero-order valence-electron chi connectivity index (χ0n) is 15.6. The Kier molecular flexibility index (Phi) is 6.29. The van der Waals surface area contributed by atoms with Crippen LogP contribution < -0.4 is 5.32 Å². The fourth-order valence-corrected chi connectivity index (χ4v) is 4.87. The molecule has 2 aromatic rings. The molecule has 1 atom stereocenters. The van der Waals surface area contributed by atoms with Gasteiger partial charge in [-0.3, -0.25) is 4.79 Å². The summed E-state index contributed by atoms with van der Waals surface area (Å²) in [5.41, 5.74) is 1.73. The number of carbonyl (C=O) groups is 1. The van der Waals surface area contributed by atoms with E-state index in [0.29, 0.717) is 25.2 Å². The molecule has 6 heteroatoms. The molecule has 1 fully saturated rings. The van der Waals surface area contributed by atoms with Crippen LogP contribution >= 0.6 is 0 Å². The molecular weight excluding hydrogens is 360 g/mol. The average molecular weight is 387 g/mol. The quantitative estimate of drug-likeness (QED) is 0.816. The summed E-state index contributed by atoms with van der Waals surface area (Å²) in [5.74, 6) is 0.0305. The molecule has 5 nitrogen and oxygen atoms in total. The predicted octanol–water partition coefficient (Wildman–Crippen LogP) is 3.99. The van der Waals surface area contributed by atoms with Crippen LogP contribution in [0.1, 0.15) is 44.1 Å². The lowest BCUT2D eigenvalue weighted by Gasteiger charge is -2.25. The van der Waals surface area contributed by atoms with Crippen molar-refractivity contribution in [3.05, 3.63) is 60.2 Å². The Balaban J connectivity index is 1.61. The number of benzene rings is 2. The van der Waals surface area contributed by atoms with Gasteiger partial charge in [-0.2, -0.15) is 4.31 Å². The van der Waals surface area contributed by atoms with Crippen LogP contribution in [0.25, 0.3) is 0 Å². The molecule has 0 radical (unpaired) electrons. The standard InChI is InChI=1S/C21H26N2O3S/c1-17(18-8-4-2-5-9-18)16-21(24)22-19-10-12-20(13-11-19)27(25,26)23-14-6-3-7-15-23/h2,4-5,8-13,17H,3,6-7,14-16H2,1H3,(H,22,24). The van der Waals surface area contributed by atoms with Crippen molar-refractivity contribution < 1.29 is 13.2 Å². The summed E-state index contributed by atoms with van der Waals surface area (Å²) in [7, 11) is -3.44. The van der Waals surface area contributed by atoms with E-state index in [1.807, 2.05) is 37.3 Å². The maximum Gasteiger partial charge on any atom is 0.243 e. The van der Waals surface area contributed by atoms with Crippen molar-refractivity contribution in [2.75, 3.05) is 18.4 Å². The molecule has 0 aromatic heterocycles. The molecular formula is C21H26N2O3S. The van der Waals surface area contributed by atoms with Gasteiger partial charge in [0, 0.05) is 25.2 Å². The van der Waals surface area contributed by atoms with Crippen molar-refractivity contribution in [2.24, 2.45) is 0 Å². The molecule has 1 aliphatic heterocycles. The molecule has 0 saturated carbocycles. The van der Waals surface area contributed by atoms with Crippen molar-refractivity contribution in [2.45, 2.75) is 43.4 Å². The highest BCUT2D eigenvalue weighted by molar-refractivity contribution is 7.89. The van der Waals surface area contributed by atoms with E-state index in [9.17, 15) is 13.2 Å². The number of sulfonamides is 1. The Morgan fingerprint density at radius 3 is 2.26 bits per heavy atom. The third-order valence-corrected chi connectivity index (χ3v) is 6.86. The highest BCUT2D eigenvalue weighted by atomic mass is 32.2. The van der Waals surface area contributed by atoms with Gasteiger partial charge in [-0.05, 0) is 48.6 Å². The first-order chi connectivity index (χ1) is 13.0. The molecule has 2 aromatic carbocycles. The van der Waals surface area contributed by atoms with E-state index >= 15 is 0 Å². The minimum absolute atomic E-state index is 0.0852. The summed E-state index contributed by atoms with van der Waals surface area (Å²) >= 11 is 0. The number of anilines is 1. The van der Waals surface area contributed by atoms with Crippen LogP contribution in [0.5, 0.6) is 0 Å². The van der Waals surface area contributed by atoms with Gasteiger partial charge in [0.1, 0.15) is 0 Å². The molecule has 1 N–H and O–H groups in total. The van der Waals surface area contributed by atoms with Crippen LogP contribution in [0.3, 0.4) is 0 Å². The molecule has 0 spiro atoms. The molecule has 3 rings (SSSR count). The van der Waals surface area contributed by atoms with Crippen LogP contribution in [0, 0.1) is 0 Å². The van der Waals surface area contributed by atoms with Gasteiger partial charge in [0.05, 0.1) is 4.90 Å². The lowest BCUT2D eigenvalue weighted by Crippen LogP contribution is -2.35. The lowest BCUT2D eigenvalue weighted by atomic mass is 9.97. The van der Waals surface area contributed by atoms with Crippen LogP contribution in [0.15, 0.2) is 59.5 Å². The van der Waals surface area contributed by atoms with Crippen LogP contribution in [-0.2, 0) is 14.8 Å². The SMILES string of the molecule is CC(CC(=O)Nc1ccc(S(=O)(=O)N2CCCCC2)cc1)c1ccccc1. The third-order valence-electron chi connectivity index (χ3n) is 4.95. The van der Waals surface area contributed by atoms with Crippen molar-refractivity contribution >= 4 is 21.6 Å². The average Bonchev–Trinajstić information content (AvgIpc) is 2.69. The Labute approximate surface area is 161 Å². The number of amides is 1. The van der Waals surface area contributed by atoms with Crippen molar-refractivity contribution in [3.8, 4) is 0 Å². The van der Waals surface area contributed by atoms with E-state index in [1.54, 1.807) is 28.6 Å². The molecule has 0 bridgehead atoms. The minimum atomic E-state index is -3.44. The molecule has 0 aliphatic carbocycles. The Hall–Kier alpha value is -2.18. The lowest BCUT2D eigenvalue weighted by molar-refractivity contribution is -0.116. The largest absolute Gasteiger partial charge is 0.326 e. The van der Waals surface area contributed by atoms with Gasteiger partial charge in [-0.25, -0.2) is 8.42 Å².